The summed E-state index contributed by atoms with van der Waals surface area (Å²) in [5, 5.41) is 7.03. The number of hydrogen-bond acceptors (Lipinski definition) is 5. The molecule has 7 nitrogen and oxygen atoms in total. The van der Waals surface area contributed by atoms with E-state index >= 15 is 0 Å². The lowest BCUT2D eigenvalue weighted by atomic mass is 10.1. The number of para-hydroxylation sites is 1. The van der Waals surface area contributed by atoms with Crippen molar-refractivity contribution >= 4 is 46.9 Å². The van der Waals surface area contributed by atoms with Gasteiger partial charge < -0.3 is 20.4 Å². The van der Waals surface area contributed by atoms with Crippen LogP contribution < -0.4 is 16.0 Å². The summed E-state index contributed by atoms with van der Waals surface area (Å²) < 4.78 is 46.9. The lowest BCUT2D eigenvalue weighted by Gasteiger charge is -2.19. The van der Waals surface area contributed by atoms with E-state index in [1.54, 1.807) is 97.1 Å². The van der Waals surface area contributed by atoms with Crippen LogP contribution in [0.4, 0.5) is 24.5 Å². The van der Waals surface area contributed by atoms with Gasteiger partial charge in [0.15, 0.2) is 0 Å². The van der Waals surface area contributed by atoms with Gasteiger partial charge in [-0.3, -0.25) is 14.4 Å². The molecule has 260 valence electrons. The third kappa shape index (κ3) is 9.06. The number of hydrogen-bond donors (Lipinski definition) is 3. The molecule has 52 heavy (non-hydrogen) atoms. The SMILES string of the molecule is O=C(Nc1ccc(SC(C(=O)Nc2ccccc2C(F)(F)F)c2ccccc2)cc1)C(=Cc1ccc(-c2ccccc2)o1)NC(=O)c1ccccc1. The Balaban J connectivity index is 1.21. The highest BCUT2D eigenvalue weighted by atomic mass is 32.2. The molecule has 5 aromatic carbocycles. The minimum atomic E-state index is -4.65. The fourth-order valence-electron chi connectivity index (χ4n) is 5.16. The molecule has 1 unspecified atom stereocenters. The average molecular weight is 718 g/mol. The van der Waals surface area contributed by atoms with E-state index in [9.17, 15) is 27.6 Å². The van der Waals surface area contributed by atoms with Crippen LogP contribution in [0.5, 0.6) is 0 Å². The Morgan fingerprint density at radius 3 is 1.96 bits per heavy atom. The second-order valence-electron chi connectivity index (χ2n) is 11.4. The van der Waals surface area contributed by atoms with E-state index < -0.39 is 34.7 Å². The average Bonchev–Trinajstić information content (AvgIpc) is 3.63. The molecule has 1 heterocycles. The Morgan fingerprint density at radius 1 is 0.673 bits per heavy atom. The fourth-order valence-corrected chi connectivity index (χ4v) is 6.19. The summed E-state index contributed by atoms with van der Waals surface area (Å²) in [4.78, 5) is 40.8. The molecule has 0 aliphatic rings. The maximum absolute atomic E-state index is 13.6. The van der Waals surface area contributed by atoms with Gasteiger partial charge in [-0.1, -0.05) is 91.0 Å². The first-order chi connectivity index (χ1) is 25.1. The number of rotatable bonds is 11. The minimum Gasteiger partial charge on any atom is -0.457 e. The van der Waals surface area contributed by atoms with Gasteiger partial charge in [0.1, 0.15) is 22.5 Å². The molecule has 0 bridgehead atoms. The number of nitrogens with one attached hydrogen (secondary N) is 3. The van der Waals surface area contributed by atoms with Crippen LogP contribution in [-0.4, -0.2) is 17.7 Å². The Kier molecular flexibility index (Phi) is 11.0. The van der Waals surface area contributed by atoms with E-state index in [1.807, 2.05) is 30.3 Å². The van der Waals surface area contributed by atoms with Gasteiger partial charge in [0.2, 0.25) is 5.91 Å². The van der Waals surface area contributed by atoms with Crippen molar-refractivity contribution in [3.8, 4) is 11.3 Å². The third-order valence-corrected chi connectivity index (χ3v) is 8.96. The monoisotopic (exact) mass is 717 g/mol. The summed E-state index contributed by atoms with van der Waals surface area (Å²) in [7, 11) is 0. The van der Waals surface area contributed by atoms with Gasteiger partial charge in [0, 0.05) is 27.8 Å². The lowest BCUT2D eigenvalue weighted by molar-refractivity contribution is -0.137. The molecule has 0 fully saturated rings. The molecule has 0 aliphatic carbocycles. The highest BCUT2D eigenvalue weighted by molar-refractivity contribution is 8.00. The van der Waals surface area contributed by atoms with E-state index in [0.717, 1.165) is 23.4 Å². The summed E-state index contributed by atoms with van der Waals surface area (Å²) in [6.07, 6.45) is -3.21. The minimum absolute atomic E-state index is 0.0683. The molecule has 1 atom stereocenters. The Bertz CT molecular complexity index is 2190. The standard InChI is InChI=1S/C41H30F3N3O4S/c42-41(43,44)33-18-10-11-19-34(33)46-40(50)37(28-14-6-2-7-15-28)52-32-23-20-30(21-24-32)45-39(49)35(47-38(48)29-16-8-3-9-17-29)26-31-22-25-36(51-31)27-12-4-1-5-13-27/h1-26,37H,(H,45,49)(H,46,50)(H,47,48). The highest BCUT2D eigenvalue weighted by Gasteiger charge is 2.34. The molecule has 0 radical (unpaired) electrons. The Morgan fingerprint density at radius 2 is 1.29 bits per heavy atom. The summed E-state index contributed by atoms with van der Waals surface area (Å²) >= 11 is 1.14. The van der Waals surface area contributed by atoms with Gasteiger partial charge in [0.25, 0.3) is 11.8 Å². The number of anilines is 2. The molecular weight excluding hydrogens is 688 g/mol. The number of amides is 3. The van der Waals surface area contributed by atoms with Crippen LogP contribution in [0.2, 0.25) is 0 Å². The molecule has 0 spiro atoms. The van der Waals surface area contributed by atoms with Crippen LogP contribution in [0.3, 0.4) is 0 Å². The molecule has 0 aliphatic heterocycles. The molecule has 0 saturated heterocycles. The van der Waals surface area contributed by atoms with Crippen LogP contribution in [-0.2, 0) is 15.8 Å². The molecule has 3 amide bonds. The maximum Gasteiger partial charge on any atom is 0.418 e. The zero-order valence-corrected chi connectivity index (χ0v) is 28.1. The molecular formula is C41H30F3N3O4S. The van der Waals surface area contributed by atoms with E-state index in [4.69, 9.17) is 4.42 Å². The predicted molar refractivity (Wildman–Crippen MR) is 196 cm³/mol. The summed E-state index contributed by atoms with van der Waals surface area (Å²) in [5.41, 5.74) is 0.818. The molecule has 0 saturated carbocycles. The van der Waals surface area contributed by atoms with Gasteiger partial charge in [0.05, 0.1) is 11.3 Å². The second-order valence-corrected chi connectivity index (χ2v) is 12.5. The van der Waals surface area contributed by atoms with Crippen molar-refractivity contribution in [3.05, 3.63) is 180 Å². The van der Waals surface area contributed by atoms with Gasteiger partial charge in [-0.2, -0.15) is 13.2 Å². The smallest absolute Gasteiger partial charge is 0.418 e. The first kappa shape index (κ1) is 35.5. The summed E-state index contributed by atoms with van der Waals surface area (Å²) in [6, 6.07) is 41.5. The topological polar surface area (TPSA) is 100 Å². The summed E-state index contributed by atoms with van der Waals surface area (Å²) in [5.74, 6) is -0.824. The number of carbonyl (C=O) groups excluding carboxylic acids is 3. The van der Waals surface area contributed by atoms with Crippen molar-refractivity contribution in [1.82, 2.24) is 5.32 Å². The zero-order valence-electron chi connectivity index (χ0n) is 27.3. The second kappa shape index (κ2) is 16.1. The molecule has 11 heteroatoms. The van der Waals surface area contributed by atoms with E-state index in [-0.39, 0.29) is 11.4 Å². The first-order valence-electron chi connectivity index (χ1n) is 16.0. The number of furan rings is 1. The van der Waals surface area contributed by atoms with Crippen molar-refractivity contribution in [1.29, 1.82) is 0 Å². The molecule has 6 rings (SSSR count). The number of benzene rings is 5. The molecule has 6 aromatic rings. The van der Waals surface area contributed by atoms with Gasteiger partial charge in [-0.05, 0) is 66.2 Å². The zero-order chi connectivity index (χ0) is 36.5. The first-order valence-corrected chi connectivity index (χ1v) is 16.9. The maximum atomic E-state index is 13.6. The van der Waals surface area contributed by atoms with Crippen LogP contribution in [0.15, 0.2) is 167 Å². The molecule has 3 N–H and O–H groups in total. The van der Waals surface area contributed by atoms with Gasteiger partial charge >= 0.3 is 6.18 Å². The molecule has 1 aromatic heterocycles. The Hall–Kier alpha value is -6.33. The largest absolute Gasteiger partial charge is 0.457 e. The van der Waals surface area contributed by atoms with Crippen LogP contribution in [0, 0.1) is 0 Å². The fraction of sp³-hybridized carbons (Fsp3) is 0.0488. The lowest BCUT2D eigenvalue weighted by Crippen LogP contribution is -2.30. The van der Waals surface area contributed by atoms with E-state index in [1.165, 1.54) is 24.3 Å². The quantitative estimate of drug-likeness (QED) is 0.0916. The van der Waals surface area contributed by atoms with Gasteiger partial charge in [-0.15, -0.1) is 11.8 Å². The third-order valence-electron chi connectivity index (χ3n) is 7.70. The predicted octanol–water partition coefficient (Wildman–Crippen LogP) is 9.85. The number of thioether (sulfide) groups is 1. The van der Waals surface area contributed by atoms with Crippen LogP contribution >= 0.6 is 11.8 Å². The van der Waals surface area contributed by atoms with Gasteiger partial charge in [-0.25, -0.2) is 0 Å². The number of carbonyl (C=O) groups is 3. The number of alkyl halides is 3. The van der Waals surface area contributed by atoms with E-state index in [0.29, 0.717) is 33.2 Å². The van der Waals surface area contributed by atoms with Crippen molar-refractivity contribution < 1.29 is 32.0 Å². The van der Waals surface area contributed by atoms with Crippen LogP contribution in [0.1, 0.15) is 32.5 Å². The Labute approximate surface area is 301 Å². The van der Waals surface area contributed by atoms with E-state index in [2.05, 4.69) is 16.0 Å². The number of halogens is 3. The van der Waals surface area contributed by atoms with Crippen molar-refractivity contribution in [2.75, 3.05) is 10.6 Å². The normalized spacial score (nSPS) is 12.1. The van der Waals surface area contributed by atoms with Crippen molar-refractivity contribution in [2.24, 2.45) is 0 Å². The van der Waals surface area contributed by atoms with Crippen LogP contribution in [0.25, 0.3) is 17.4 Å². The summed E-state index contributed by atoms with van der Waals surface area (Å²) in [6.45, 7) is 0. The van der Waals surface area contributed by atoms with Crippen molar-refractivity contribution in [3.63, 3.8) is 0 Å². The highest BCUT2D eigenvalue weighted by Crippen LogP contribution is 2.39. The van der Waals surface area contributed by atoms with Crippen molar-refractivity contribution in [2.45, 2.75) is 16.3 Å².